The molecular weight excluding hydrogens is 248 g/mol. The van der Waals surface area contributed by atoms with E-state index in [0.717, 1.165) is 34.8 Å². The van der Waals surface area contributed by atoms with E-state index in [4.69, 9.17) is 10.2 Å². The molecule has 0 radical (unpaired) electrons. The van der Waals surface area contributed by atoms with E-state index in [1.165, 1.54) is 0 Å². The third kappa shape index (κ3) is 2.14. The number of aromatic nitrogens is 2. The van der Waals surface area contributed by atoms with Gasteiger partial charge in [-0.3, -0.25) is 0 Å². The lowest BCUT2D eigenvalue weighted by Crippen LogP contribution is -2.07. The Morgan fingerprint density at radius 3 is 3.11 bits per heavy atom. The Morgan fingerprint density at radius 2 is 2.28 bits per heavy atom. The Labute approximate surface area is 108 Å². The van der Waals surface area contributed by atoms with Crippen LogP contribution in [-0.4, -0.2) is 16.5 Å². The van der Waals surface area contributed by atoms with E-state index in [1.807, 2.05) is 23.6 Å². The molecule has 5 nitrogen and oxygen atoms in total. The Kier molecular flexibility index (Phi) is 2.85. The SMILES string of the molecule is Nc1nc(NCCc2ccco2)c2ccsc2n1. The number of thiophene rings is 1. The van der Waals surface area contributed by atoms with Crippen molar-refractivity contribution in [1.82, 2.24) is 9.97 Å². The molecule has 0 aliphatic rings. The summed E-state index contributed by atoms with van der Waals surface area (Å²) >= 11 is 1.56. The zero-order chi connectivity index (χ0) is 12.4. The average molecular weight is 260 g/mol. The van der Waals surface area contributed by atoms with Crippen molar-refractivity contribution in [3.8, 4) is 0 Å². The maximum absolute atomic E-state index is 5.68. The van der Waals surface area contributed by atoms with Gasteiger partial charge in [-0.25, -0.2) is 4.98 Å². The highest BCUT2D eigenvalue weighted by Crippen LogP contribution is 2.25. The first-order valence-corrected chi connectivity index (χ1v) is 6.48. The lowest BCUT2D eigenvalue weighted by Gasteiger charge is -2.06. The van der Waals surface area contributed by atoms with E-state index in [0.29, 0.717) is 5.95 Å². The molecule has 0 aromatic carbocycles. The second-order valence-corrected chi connectivity index (χ2v) is 4.72. The molecule has 6 heteroatoms. The Hall–Kier alpha value is -2.08. The van der Waals surface area contributed by atoms with Gasteiger partial charge in [0.05, 0.1) is 11.6 Å². The molecular formula is C12H12N4OS. The zero-order valence-corrected chi connectivity index (χ0v) is 10.4. The number of anilines is 2. The number of fused-ring (bicyclic) bond motifs is 1. The van der Waals surface area contributed by atoms with Crippen molar-refractivity contribution < 1.29 is 4.42 Å². The topological polar surface area (TPSA) is 77.0 Å². The van der Waals surface area contributed by atoms with Crippen LogP contribution in [0, 0.1) is 0 Å². The van der Waals surface area contributed by atoms with Gasteiger partial charge in [0, 0.05) is 13.0 Å². The van der Waals surface area contributed by atoms with Crippen LogP contribution in [0.3, 0.4) is 0 Å². The van der Waals surface area contributed by atoms with Gasteiger partial charge in [0.2, 0.25) is 5.95 Å². The van der Waals surface area contributed by atoms with Crippen LogP contribution in [0.5, 0.6) is 0 Å². The summed E-state index contributed by atoms with van der Waals surface area (Å²) in [5.74, 6) is 2.03. The third-order valence-electron chi connectivity index (χ3n) is 2.59. The van der Waals surface area contributed by atoms with Crippen LogP contribution in [0.1, 0.15) is 5.76 Å². The van der Waals surface area contributed by atoms with Crippen LogP contribution in [-0.2, 0) is 6.42 Å². The molecule has 0 saturated heterocycles. The smallest absolute Gasteiger partial charge is 0.223 e. The van der Waals surface area contributed by atoms with E-state index < -0.39 is 0 Å². The molecule has 0 atom stereocenters. The number of furan rings is 1. The van der Waals surface area contributed by atoms with Crippen molar-refractivity contribution in [2.45, 2.75) is 6.42 Å². The number of rotatable bonds is 4. The molecule has 0 bridgehead atoms. The summed E-state index contributed by atoms with van der Waals surface area (Å²) in [6, 6.07) is 5.83. The first-order chi connectivity index (χ1) is 8.83. The van der Waals surface area contributed by atoms with Crippen LogP contribution in [0.25, 0.3) is 10.2 Å². The number of nitrogen functional groups attached to an aromatic ring is 1. The molecule has 3 aromatic rings. The summed E-state index contributed by atoms with van der Waals surface area (Å²) in [4.78, 5) is 9.31. The molecule has 0 fully saturated rings. The van der Waals surface area contributed by atoms with Gasteiger partial charge >= 0.3 is 0 Å². The lowest BCUT2D eigenvalue weighted by molar-refractivity contribution is 0.513. The van der Waals surface area contributed by atoms with E-state index in [2.05, 4.69) is 15.3 Å². The Balaban J connectivity index is 1.75. The minimum Gasteiger partial charge on any atom is -0.469 e. The molecule has 0 aliphatic carbocycles. The molecule has 0 amide bonds. The van der Waals surface area contributed by atoms with Crippen molar-refractivity contribution in [1.29, 1.82) is 0 Å². The quantitative estimate of drug-likeness (QED) is 0.753. The molecule has 3 N–H and O–H groups in total. The fourth-order valence-corrected chi connectivity index (χ4v) is 2.54. The van der Waals surface area contributed by atoms with E-state index in [1.54, 1.807) is 17.6 Å². The highest BCUT2D eigenvalue weighted by Gasteiger charge is 2.06. The maximum Gasteiger partial charge on any atom is 0.223 e. The van der Waals surface area contributed by atoms with Crippen molar-refractivity contribution in [3.63, 3.8) is 0 Å². The molecule has 3 aromatic heterocycles. The van der Waals surface area contributed by atoms with Gasteiger partial charge in [-0.15, -0.1) is 11.3 Å². The van der Waals surface area contributed by atoms with Crippen molar-refractivity contribution >= 4 is 33.3 Å². The molecule has 0 unspecified atom stereocenters. The highest BCUT2D eigenvalue weighted by atomic mass is 32.1. The summed E-state index contributed by atoms with van der Waals surface area (Å²) in [6.45, 7) is 0.745. The summed E-state index contributed by atoms with van der Waals surface area (Å²) < 4.78 is 5.27. The Bertz CT molecular complexity index is 647. The van der Waals surface area contributed by atoms with Crippen molar-refractivity contribution in [2.75, 3.05) is 17.6 Å². The summed E-state index contributed by atoms with van der Waals surface area (Å²) in [7, 11) is 0. The van der Waals surface area contributed by atoms with Crippen LogP contribution < -0.4 is 11.1 Å². The van der Waals surface area contributed by atoms with Gasteiger partial charge < -0.3 is 15.5 Å². The molecule has 0 aliphatic heterocycles. The second-order valence-electron chi connectivity index (χ2n) is 3.83. The van der Waals surface area contributed by atoms with E-state index >= 15 is 0 Å². The number of hydrogen-bond donors (Lipinski definition) is 2. The largest absolute Gasteiger partial charge is 0.469 e. The molecule has 3 rings (SSSR count). The predicted octanol–water partition coefficient (Wildman–Crippen LogP) is 2.52. The van der Waals surface area contributed by atoms with Gasteiger partial charge in [-0.2, -0.15) is 4.98 Å². The zero-order valence-electron chi connectivity index (χ0n) is 9.59. The number of nitrogens with one attached hydrogen (secondary N) is 1. The first-order valence-electron chi connectivity index (χ1n) is 5.60. The van der Waals surface area contributed by atoms with Crippen LogP contribution >= 0.6 is 11.3 Å². The predicted molar refractivity (Wildman–Crippen MR) is 72.7 cm³/mol. The first kappa shape index (κ1) is 11.0. The standard InChI is InChI=1S/C12H12N4OS/c13-12-15-10(9-4-7-18-11(9)16-12)14-5-3-8-2-1-6-17-8/h1-2,4,6-7H,3,5H2,(H3,13,14,15,16). The number of nitrogens with zero attached hydrogens (tertiary/aromatic N) is 2. The summed E-state index contributed by atoms with van der Waals surface area (Å²) in [5.41, 5.74) is 5.68. The van der Waals surface area contributed by atoms with Gasteiger partial charge in [-0.05, 0) is 23.6 Å². The average Bonchev–Trinajstić information content (AvgIpc) is 2.98. The van der Waals surface area contributed by atoms with E-state index in [9.17, 15) is 0 Å². The van der Waals surface area contributed by atoms with Gasteiger partial charge in [0.15, 0.2) is 0 Å². The molecule has 0 saturated carbocycles. The van der Waals surface area contributed by atoms with Crippen molar-refractivity contribution in [3.05, 3.63) is 35.6 Å². The highest BCUT2D eigenvalue weighted by molar-refractivity contribution is 7.16. The minimum atomic E-state index is 0.297. The fourth-order valence-electron chi connectivity index (χ4n) is 1.77. The minimum absolute atomic E-state index is 0.297. The molecule has 0 spiro atoms. The van der Waals surface area contributed by atoms with E-state index in [-0.39, 0.29) is 0 Å². The van der Waals surface area contributed by atoms with Crippen LogP contribution in [0.2, 0.25) is 0 Å². The summed E-state index contributed by atoms with van der Waals surface area (Å²) in [5, 5.41) is 6.26. The maximum atomic E-state index is 5.68. The summed E-state index contributed by atoms with van der Waals surface area (Å²) in [6.07, 6.45) is 2.48. The number of nitrogens with two attached hydrogens (primary N) is 1. The second kappa shape index (κ2) is 4.66. The molecule has 18 heavy (non-hydrogen) atoms. The third-order valence-corrected chi connectivity index (χ3v) is 3.39. The number of hydrogen-bond acceptors (Lipinski definition) is 6. The van der Waals surface area contributed by atoms with Crippen LogP contribution in [0.4, 0.5) is 11.8 Å². The van der Waals surface area contributed by atoms with Crippen molar-refractivity contribution in [2.24, 2.45) is 0 Å². The monoisotopic (exact) mass is 260 g/mol. The van der Waals surface area contributed by atoms with Gasteiger partial charge in [0.25, 0.3) is 0 Å². The molecule has 3 heterocycles. The van der Waals surface area contributed by atoms with Gasteiger partial charge in [0.1, 0.15) is 16.4 Å². The fraction of sp³-hybridized carbons (Fsp3) is 0.167. The van der Waals surface area contributed by atoms with Crippen LogP contribution in [0.15, 0.2) is 34.3 Å². The lowest BCUT2D eigenvalue weighted by atomic mass is 10.3. The molecule has 92 valence electrons. The normalized spacial score (nSPS) is 10.9. The van der Waals surface area contributed by atoms with Gasteiger partial charge in [-0.1, -0.05) is 0 Å². The Morgan fingerprint density at radius 1 is 1.33 bits per heavy atom.